The Labute approximate surface area is 182 Å². The molecule has 31 heavy (non-hydrogen) atoms. The van der Waals surface area contributed by atoms with Crippen LogP contribution in [-0.4, -0.2) is 52.8 Å². The summed E-state index contributed by atoms with van der Waals surface area (Å²) in [4.78, 5) is 40.2. The smallest absolute Gasteiger partial charge is 0.328 e. The van der Waals surface area contributed by atoms with Crippen molar-refractivity contribution in [1.29, 1.82) is 0 Å². The van der Waals surface area contributed by atoms with E-state index >= 15 is 0 Å². The van der Waals surface area contributed by atoms with Crippen LogP contribution in [-0.2, 0) is 27.3 Å². The molecule has 2 fully saturated rings. The average molecular weight is 443 g/mol. The second-order valence-corrected chi connectivity index (χ2v) is 9.25. The number of anilines is 1. The molecule has 162 valence electrons. The number of nitrogens with zero attached hydrogens (tertiary/aromatic N) is 3. The molecule has 0 aliphatic carbocycles. The van der Waals surface area contributed by atoms with Gasteiger partial charge in [-0.25, -0.2) is 4.79 Å². The van der Waals surface area contributed by atoms with E-state index < -0.39 is 35.4 Å². The molecule has 0 bridgehead atoms. The van der Waals surface area contributed by atoms with Crippen molar-refractivity contribution < 1.29 is 19.1 Å². The minimum absolute atomic E-state index is 0.0828. The zero-order valence-electron chi connectivity index (χ0n) is 17.0. The molecule has 3 aliphatic rings. The van der Waals surface area contributed by atoms with Crippen LogP contribution in [0.4, 0.5) is 10.5 Å². The van der Waals surface area contributed by atoms with Crippen molar-refractivity contribution >= 4 is 34.9 Å². The Hall–Kier alpha value is -2.89. The number of nitrogens with one attached hydrogen (secondary N) is 2. The lowest BCUT2D eigenvalue weighted by Gasteiger charge is -2.55. The van der Waals surface area contributed by atoms with Crippen molar-refractivity contribution in [3.05, 3.63) is 28.8 Å². The molecule has 0 saturated carbocycles. The van der Waals surface area contributed by atoms with Gasteiger partial charge < -0.3 is 15.4 Å². The van der Waals surface area contributed by atoms with E-state index in [1.807, 2.05) is 32.0 Å². The van der Waals surface area contributed by atoms with Crippen LogP contribution < -0.4 is 21.3 Å². The lowest BCUT2D eigenvalue weighted by Crippen LogP contribution is -2.75. The number of ether oxygens (including phenoxy) is 1. The molecule has 10 nitrogen and oxygen atoms in total. The standard InChI is InChI=1S/C20H22N6O4S/c1-9-8-26-13-4-3-11(16-25-24-14(7-21)31-16)5-12(13)6-20(15(26)10(2)30-9)17(27)22-19(29)23-18(20)28/h3-5,9-10,15H,6-8,21H2,1-2H3,(H2,22,23,27,28,29)/t9-,10+,15?/m1/s1. The number of amides is 4. The second-order valence-electron chi connectivity index (χ2n) is 8.18. The van der Waals surface area contributed by atoms with Crippen LogP contribution in [0.25, 0.3) is 10.6 Å². The monoisotopic (exact) mass is 442 g/mol. The number of barbiturate groups is 1. The Bertz CT molecular complexity index is 1080. The molecule has 1 spiro atoms. The van der Waals surface area contributed by atoms with E-state index in [9.17, 15) is 14.4 Å². The summed E-state index contributed by atoms with van der Waals surface area (Å²) in [6.45, 7) is 4.66. The maximum atomic E-state index is 13.2. The molecule has 2 saturated heterocycles. The third-order valence-electron chi connectivity index (χ3n) is 6.20. The van der Waals surface area contributed by atoms with Gasteiger partial charge >= 0.3 is 6.03 Å². The lowest BCUT2D eigenvalue weighted by molar-refractivity contribution is -0.153. The van der Waals surface area contributed by atoms with Crippen LogP contribution >= 0.6 is 11.3 Å². The average Bonchev–Trinajstić information content (AvgIpc) is 3.20. The van der Waals surface area contributed by atoms with Crippen LogP contribution in [0, 0.1) is 5.41 Å². The van der Waals surface area contributed by atoms with Gasteiger partial charge in [-0.05, 0) is 44.0 Å². The first-order valence-corrected chi connectivity index (χ1v) is 10.9. The quantitative estimate of drug-likeness (QED) is 0.573. The summed E-state index contributed by atoms with van der Waals surface area (Å²) in [6, 6.07) is 4.55. The summed E-state index contributed by atoms with van der Waals surface area (Å²) in [5, 5.41) is 14.3. The van der Waals surface area contributed by atoms with Crippen molar-refractivity contribution in [2.24, 2.45) is 11.1 Å². The number of rotatable bonds is 2. The van der Waals surface area contributed by atoms with E-state index in [1.165, 1.54) is 11.3 Å². The molecule has 1 aromatic carbocycles. The number of imide groups is 2. The number of nitrogens with two attached hydrogens (primary N) is 1. The predicted molar refractivity (Wildman–Crippen MR) is 112 cm³/mol. The molecular formula is C20H22N6O4S. The van der Waals surface area contributed by atoms with Gasteiger partial charge in [-0.3, -0.25) is 20.2 Å². The Morgan fingerprint density at radius 2 is 1.97 bits per heavy atom. The van der Waals surface area contributed by atoms with Crippen molar-refractivity contribution in [2.45, 2.75) is 45.1 Å². The van der Waals surface area contributed by atoms with E-state index in [-0.39, 0.29) is 12.5 Å². The molecule has 11 heteroatoms. The predicted octanol–water partition coefficient (Wildman–Crippen LogP) is 0.555. The number of aromatic nitrogens is 2. The highest BCUT2D eigenvalue weighted by Gasteiger charge is 2.62. The van der Waals surface area contributed by atoms with E-state index in [0.29, 0.717) is 13.1 Å². The Balaban J connectivity index is 1.65. The molecule has 5 rings (SSSR count). The van der Waals surface area contributed by atoms with E-state index in [2.05, 4.69) is 25.7 Å². The van der Waals surface area contributed by atoms with Gasteiger partial charge in [0.05, 0.1) is 18.2 Å². The van der Waals surface area contributed by atoms with Crippen LogP contribution in [0.3, 0.4) is 0 Å². The molecule has 1 aromatic heterocycles. The van der Waals surface area contributed by atoms with E-state index in [0.717, 1.165) is 26.8 Å². The maximum Gasteiger partial charge on any atom is 0.328 e. The fourth-order valence-corrected chi connectivity index (χ4v) is 5.75. The van der Waals surface area contributed by atoms with Crippen LogP contribution in [0.15, 0.2) is 18.2 Å². The molecule has 2 aromatic rings. The summed E-state index contributed by atoms with van der Waals surface area (Å²) in [7, 11) is 0. The van der Waals surface area contributed by atoms with Gasteiger partial charge in [0.15, 0.2) is 5.41 Å². The Kier molecular flexibility index (Phi) is 4.57. The van der Waals surface area contributed by atoms with Crippen molar-refractivity contribution in [2.75, 3.05) is 11.4 Å². The fraction of sp³-hybridized carbons (Fsp3) is 0.450. The molecule has 0 radical (unpaired) electrons. The number of carbonyl (C=O) groups excluding carboxylic acids is 3. The summed E-state index contributed by atoms with van der Waals surface area (Å²) < 4.78 is 6.01. The number of benzene rings is 1. The Morgan fingerprint density at radius 1 is 1.23 bits per heavy atom. The van der Waals surface area contributed by atoms with Gasteiger partial charge in [0.2, 0.25) is 11.8 Å². The summed E-state index contributed by atoms with van der Waals surface area (Å²) in [6.07, 6.45) is -0.329. The molecule has 3 atom stereocenters. The maximum absolute atomic E-state index is 13.2. The molecule has 4 heterocycles. The van der Waals surface area contributed by atoms with Crippen molar-refractivity contribution in [3.63, 3.8) is 0 Å². The van der Waals surface area contributed by atoms with Gasteiger partial charge in [-0.2, -0.15) is 0 Å². The minimum Gasteiger partial charge on any atom is -0.372 e. The third-order valence-corrected chi connectivity index (χ3v) is 7.19. The lowest BCUT2D eigenvalue weighted by atomic mass is 9.66. The van der Waals surface area contributed by atoms with Crippen LogP contribution in [0.5, 0.6) is 0 Å². The molecule has 4 N–H and O–H groups in total. The third kappa shape index (κ3) is 2.95. The van der Waals surface area contributed by atoms with Crippen LogP contribution in [0.2, 0.25) is 0 Å². The van der Waals surface area contributed by atoms with Gasteiger partial charge in [0.25, 0.3) is 0 Å². The summed E-state index contributed by atoms with van der Waals surface area (Å²) >= 11 is 1.40. The normalized spacial score (nSPS) is 26.9. The summed E-state index contributed by atoms with van der Waals surface area (Å²) in [5.74, 6) is -1.20. The highest BCUT2D eigenvalue weighted by molar-refractivity contribution is 7.14. The summed E-state index contributed by atoms with van der Waals surface area (Å²) in [5.41, 5.74) is 6.79. The first-order chi connectivity index (χ1) is 14.8. The zero-order chi connectivity index (χ0) is 21.9. The van der Waals surface area contributed by atoms with Gasteiger partial charge in [-0.15, -0.1) is 10.2 Å². The van der Waals surface area contributed by atoms with Gasteiger partial charge in [0, 0.05) is 24.3 Å². The topological polar surface area (TPSA) is 140 Å². The molecule has 3 aliphatic heterocycles. The van der Waals surface area contributed by atoms with Crippen LogP contribution in [0.1, 0.15) is 24.4 Å². The number of carbonyl (C=O) groups is 3. The van der Waals surface area contributed by atoms with E-state index in [1.54, 1.807) is 0 Å². The first-order valence-electron chi connectivity index (χ1n) is 10.1. The number of morpholine rings is 1. The number of hydrogen-bond acceptors (Lipinski definition) is 9. The fourth-order valence-electron chi connectivity index (χ4n) is 5.03. The number of fused-ring (bicyclic) bond motifs is 4. The highest BCUT2D eigenvalue weighted by atomic mass is 32.1. The molecule has 1 unspecified atom stereocenters. The Morgan fingerprint density at radius 3 is 2.65 bits per heavy atom. The van der Waals surface area contributed by atoms with Gasteiger partial charge in [-0.1, -0.05) is 11.3 Å². The zero-order valence-corrected chi connectivity index (χ0v) is 17.9. The highest BCUT2D eigenvalue weighted by Crippen LogP contribution is 2.47. The largest absolute Gasteiger partial charge is 0.372 e. The molecular weight excluding hydrogens is 420 g/mol. The second kappa shape index (κ2) is 7.08. The number of hydrogen-bond donors (Lipinski definition) is 3. The van der Waals surface area contributed by atoms with Crippen molar-refractivity contribution in [1.82, 2.24) is 20.8 Å². The number of urea groups is 1. The van der Waals surface area contributed by atoms with Gasteiger partial charge in [0.1, 0.15) is 10.0 Å². The van der Waals surface area contributed by atoms with E-state index in [4.69, 9.17) is 10.5 Å². The molecule has 4 amide bonds. The minimum atomic E-state index is -1.48. The van der Waals surface area contributed by atoms with Crippen molar-refractivity contribution in [3.8, 4) is 10.6 Å². The SMILES string of the molecule is C[C@@H]1CN2c3ccc(-c4nnc(CN)s4)cc3CC3(C(=O)NC(=O)NC3=O)C2[C@H](C)O1. The first kappa shape index (κ1) is 20.0.